The molecule has 0 aliphatic rings. The van der Waals surface area contributed by atoms with E-state index in [1.807, 2.05) is 23.6 Å². The van der Waals surface area contributed by atoms with Crippen LogP contribution < -0.4 is 10.6 Å². The molecule has 2 aromatic heterocycles. The SMILES string of the molecule is CC(=O)Nc1ccc(Cl)c(NC(=O)Cc2csc(-c3ccccn3)n2)c1. The van der Waals surface area contributed by atoms with Crippen LogP contribution >= 0.6 is 22.9 Å². The smallest absolute Gasteiger partial charge is 0.230 e. The second-order valence-electron chi connectivity index (χ2n) is 5.46. The third-order valence-electron chi connectivity index (χ3n) is 3.34. The summed E-state index contributed by atoms with van der Waals surface area (Å²) in [4.78, 5) is 32.1. The third kappa shape index (κ3) is 4.65. The van der Waals surface area contributed by atoms with Gasteiger partial charge in [-0.15, -0.1) is 11.3 Å². The van der Waals surface area contributed by atoms with Crippen molar-refractivity contribution in [3.63, 3.8) is 0 Å². The van der Waals surface area contributed by atoms with Crippen LogP contribution in [0.1, 0.15) is 12.6 Å². The lowest BCUT2D eigenvalue weighted by molar-refractivity contribution is -0.116. The summed E-state index contributed by atoms with van der Waals surface area (Å²) in [6, 6.07) is 10.5. The van der Waals surface area contributed by atoms with Gasteiger partial charge in [-0.25, -0.2) is 4.98 Å². The van der Waals surface area contributed by atoms with Gasteiger partial charge in [0.2, 0.25) is 11.8 Å². The summed E-state index contributed by atoms with van der Waals surface area (Å²) >= 11 is 7.55. The lowest BCUT2D eigenvalue weighted by Gasteiger charge is -2.09. The molecule has 2 heterocycles. The number of anilines is 2. The summed E-state index contributed by atoms with van der Waals surface area (Å²) in [5.74, 6) is -0.445. The number of benzene rings is 1. The molecule has 3 aromatic rings. The number of amides is 2. The Morgan fingerprint density at radius 3 is 2.77 bits per heavy atom. The third-order valence-corrected chi connectivity index (χ3v) is 4.58. The molecular formula is C18H15ClN4O2S. The Balaban J connectivity index is 1.68. The van der Waals surface area contributed by atoms with Gasteiger partial charge in [0.1, 0.15) is 5.01 Å². The largest absolute Gasteiger partial charge is 0.326 e. The number of nitrogens with one attached hydrogen (secondary N) is 2. The molecule has 8 heteroatoms. The second-order valence-corrected chi connectivity index (χ2v) is 6.73. The maximum atomic E-state index is 12.3. The number of carbonyl (C=O) groups is 2. The van der Waals surface area contributed by atoms with Crippen LogP contribution in [-0.4, -0.2) is 21.8 Å². The molecule has 3 rings (SSSR count). The van der Waals surface area contributed by atoms with Crippen molar-refractivity contribution in [1.82, 2.24) is 9.97 Å². The van der Waals surface area contributed by atoms with Gasteiger partial charge < -0.3 is 10.6 Å². The van der Waals surface area contributed by atoms with Gasteiger partial charge in [-0.05, 0) is 30.3 Å². The average molecular weight is 387 g/mol. The lowest BCUT2D eigenvalue weighted by Crippen LogP contribution is -2.15. The highest BCUT2D eigenvalue weighted by Crippen LogP contribution is 2.26. The fourth-order valence-corrected chi connectivity index (χ4v) is 3.22. The van der Waals surface area contributed by atoms with E-state index in [1.54, 1.807) is 24.4 Å². The predicted molar refractivity (Wildman–Crippen MR) is 103 cm³/mol. The highest BCUT2D eigenvalue weighted by atomic mass is 35.5. The number of rotatable bonds is 5. The molecule has 2 amide bonds. The first-order valence-corrected chi connectivity index (χ1v) is 9.00. The zero-order chi connectivity index (χ0) is 18.5. The number of nitrogens with zero attached hydrogens (tertiary/aromatic N) is 2. The molecule has 26 heavy (non-hydrogen) atoms. The van der Waals surface area contributed by atoms with Crippen LogP contribution in [0, 0.1) is 0 Å². The van der Waals surface area contributed by atoms with Crippen molar-refractivity contribution in [1.29, 1.82) is 0 Å². The van der Waals surface area contributed by atoms with E-state index in [0.29, 0.717) is 22.1 Å². The molecule has 0 saturated heterocycles. The van der Waals surface area contributed by atoms with E-state index in [0.717, 1.165) is 10.7 Å². The number of aromatic nitrogens is 2. The molecule has 0 aliphatic carbocycles. The van der Waals surface area contributed by atoms with Crippen LogP contribution in [0.4, 0.5) is 11.4 Å². The summed E-state index contributed by atoms with van der Waals surface area (Å²) in [7, 11) is 0. The van der Waals surface area contributed by atoms with Crippen LogP contribution in [0.2, 0.25) is 5.02 Å². The minimum Gasteiger partial charge on any atom is -0.326 e. The maximum absolute atomic E-state index is 12.3. The minimum atomic E-state index is -0.246. The molecule has 0 fully saturated rings. The van der Waals surface area contributed by atoms with Gasteiger partial charge in [0.25, 0.3) is 0 Å². The quantitative estimate of drug-likeness (QED) is 0.694. The van der Waals surface area contributed by atoms with E-state index in [1.165, 1.54) is 18.3 Å². The molecule has 0 bridgehead atoms. The Morgan fingerprint density at radius 2 is 2.04 bits per heavy atom. The van der Waals surface area contributed by atoms with E-state index in [-0.39, 0.29) is 18.2 Å². The summed E-state index contributed by atoms with van der Waals surface area (Å²) in [6.45, 7) is 1.41. The van der Waals surface area contributed by atoms with Crippen molar-refractivity contribution < 1.29 is 9.59 Å². The van der Waals surface area contributed by atoms with Crippen LogP contribution in [0.25, 0.3) is 10.7 Å². The molecule has 0 radical (unpaired) electrons. The number of hydrogen-bond acceptors (Lipinski definition) is 5. The topological polar surface area (TPSA) is 84.0 Å². The number of pyridine rings is 1. The van der Waals surface area contributed by atoms with Crippen molar-refractivity contribution in [3.05, 3.63) is 58.7 Å². The Labute approximate surface area is 159 Å². The van der Waals surface area contributed by atoms with Gasteiger partial charge >= 0.3 is 0 Å². The molecule has 0 unspecified atom stereocenters. The number of halogens is 1. The molecule has 0 saturated carbocycles. The molecular weight excluding hydrogens is 372 g/mol. The number of hydrogen-bond donors (Lipinski definition) is 2. The Bertz CT molecular complexity index is 943. The van der Waals surface area contributed by atoms with Crippen LogP contribution in [0.15, 0.2) is 48.0 Å². The highest BCUT2D eigenvalue weighted by molar-refractivity contribution is 7.13. The van der Waals surface area contributed by atoms with Gasteiger partial charge in [0.05, 0.1) is 28.5 Å². The van der Waals surface area contributed by atoms with Gasteiger partial charge in [0.15, 0.2) is 0 Å². The standard InChI is InChI=1S/C18H15ClN4O2S/c1-11(24)21-12-5-6-14(19)16(8-12)23-17(25)9-13-10-26-18(22-13)15-4-2-3-7-20-15/h2-8,10H,9H2,1H3,(H,21,24)(H,23,25). The van der Waals surface area contributed by atoms with Crippen LogP contribution in [0.3, 0.4) is 0 Å². The fourth-order valence-electron chi connectivity index (χ4n) is 2.26. The van der Waals surface area contributed by atoms with E-state index in [9.17, 15) is 9.59 Å². The van der Waals surface area contributed by atoms with Gasteiger partial charge in [-0.1, -0.05) is 17.7 Å². The fraction of sp³-hybridized carbons (Fsp3) is 0.111. The Kier molecular flexibility index (Phi) is 5.60. The first-order chi connectivity index (χ1) is 12.5. The van der Waals surface area contributed by atoms with Crippen molar-refractivity contribution in [2.75, 3.05) is 10.6 Å². The highest BCUT2D eigenvalue weighted by Gasteiger charge is 2.12. The first kappa shape index (κ1) is 18.0. The monoisotopic (exact) mass is 386 g/mol. The minimum absolute atomic E-state index is 0.115. The summed E-state index contributed by atoms with van der Waals surface area (Å²) in [6.07, 6.45) is 1.82. The van der Waals surface area contributed by atoms with E-state index < -0.39 is 0 Å². The Hall–Kier alpha value is -2.77. The van der Waals surface area contributed by atoms with Crippen LogP contribution in [0.5, 0.6) is 0 Å². The molecule has 0 aliphatic heterocycles. The number of carbonyl (C=O) groups excluding carboxylic acids is 2. The van der Waals surface area contributed by atoms with Crippen molar-refractivity contribution in [2.45, 2.75) is 13.3 Å². The van der Waals surface area contributed by atoms with Crippen molar-refractivity contribution in [3.8, 4) is 10.7 Å². The first-order valence-electron chi connectivity index (χ1n) is 7.74. The van der Waals surface area contributed by atoms with Crippen molar-refractivity contribution in [2.24, 2.45) is 0 Å². The predicted octanol–water partition coefficient (Wildman–Crippen LogP) is 4.00. The van der Waals surface area contributed by atoms with E-state index in [4.69, 9.17) is 11.6 Å². The molecule has 6 nitrogen and oxygen atoms in total. The molecule has 2 N–H and O–H groups in total. The summed E-state index contributed by atoms with van der Waals surface area (Å²) in [5, 5.41) is 8.38. The molecule has 1 aromatic carbocycles. The average Bonchev–Trinajstić information content (AvgIpc) is 3.06. The molecule has 0 atom stereocenters. The zero-order valence-corrected chi connectivity index (χ0v) is 15.4. The van der Waals surface area contributed by atoms with Gasteiger partial charge in [0, 0.05) is 24.2 Å². The number of thiazole rings is 1. The van der Waals surface area contributed by atoms with Gasteiger partial charge in [-0.2, -0.15) is 0 Å². The zero-order valence-electron chi connectivity index (χ0n) is 13.8. The van der Waals surface area contributed by atoms with Crippen molar-refractivity contribution >= 4 is 46.1 Å². The Morgan fingerprint density at radius 1 is 1.19 bits per heavy atom. The van der Waals surface area contributed by atoms with Gasteiger partial charge in [-0.3, -0.25) is 14.6 Å². The summed E-state index contributed by atoms with van der Waals surface area (Å²) in [5.41, 5.74) is 2.42. The molecule has 0 spiro atoms. The second kappa shape index (κ2) is 8.07. The maximum Gasteiger partial charge on any atom is 0.230 e. The lowest BCUT2D eigenvalue weighted by atomic mass is 10.2. The van der Waals surface area contributed by atoms with E-state index >= 15 is 0 Å². The van der Waals surface area contributed by atoms with Crippen LogP contribution in [-0.2, 0) is 16.0 Å². The normalized spacial score (nSPS) is 10.4. The molecule has 132 valence electrons. The summed E-state index contributed by atoms with van der Waals surface area (Å²) < 4.78 is 0. The van der Waals surface area contributed by atoms with E-state index in [2.05, 4.69) is 20.6 Å².